The molecular weight excluding hydrogens is 366 g/mol. The van der Waals surface area contributed by atoms with Gasteiger partial charge in [-0.25, -0.2) is 0 Å². The van der Waals surface area contributed by atoms with E-state index in [4.69, 9.17) is 16.3 Å². The lowest BCUT2D eigenvalue weighted by Crippen LogP contribution is -2.40. The first-order chi connectivity index (χ1) is 12.7. The van der Waals surface area contributed by atoms with Gasteiger partial charge in [-0.1, -0.05) is 17.7 Å². The minimum Gasteiger partial charge on any atom is -0.495 e. The molecule has 27 heavy (non-hydrogen) atoms. The summed E-state index contributed by atoms with van der Waals surface area (Å²) in [6.07, 6.45) is 0. The van der Waals surface area contributed by atoms with Crippen molar-refractivity contribution in [3.63, 3.8) is 0 Å². The lowest BCUT2D eigenvalue weighted by Gasteiger charge is -2.20. The Hall–Kier alpha value is -2.73. The molecule has 2 aromatic rings. The van der Waals surface area contributed by atoms with Crippen molar-refractivity contribution in [2.45, 2.75) is 26.3 Å². The van der Waals surface area contributed by atoms with Crippen molar-refractivity contribution < 1.29 is 14.3 Å². The largest absolute Gasteiger partial charge is 0.495 e. The van der Waals surface area contributed by atoms with Crippen LogP contribution in [0.15, 0.2) is 42.5 Å². The number of hydrogen-bond acceptors (Lipinski definition) is 4. The zero-order valence-corrected chi connectivity index (χ0v) is 16.6. The molecule has 144 valence electrons. The molecular formula is C20H24ClN3O3. The van der Waals surface area contributed by atoms with Crippen LogP contribution in [0.1, 0.15) is 31.1 Å². The van der Waals surface area contributed by atoms with E-state index in [1.807, 2.05) is 20.8 Å². The Kier molecular flexibility index (Phi) is 6.69. The number of rotatable bonds is 6. The van der Waals surface area contributed by atoms with Crippen LogP contribution in [0.3, 0.4) is 0 Å². The summed E-state index contributed by atoms with van der Waals surface area (Å²) in [7, 11) is 1.54. The lowest BCUT2D eigenvalue weighted by atomic mass is 10.1. The van der Waals surface area contributed by atoms with Gasteiger partial charge >= 0.3 is 0 Å². The molecule has 6 nitrogen and oxygen atoms in total. The van der Waals surface area contributed by atoms with Crippen molar-refractivity contribution in [3.05, 3.63) is 53.1 Å². The van der Waals surface area contributed by atoms with E-state index in [9.17, 15) is 9.59 Å². The summed E-state index contributed by atoms with van der Waals surface area (Å²) in [4.78, 5) is 24.4. The van der Waals surface area contributed by atoms with E-state index in [-0.39, 0.29) is 23.9 Å². The van der Waals surface area contributed by atoms with E-state index in [2.05, 4.69) is 16.0 Å². The van der Waals surface area contributed by atoms with Gasteiger partial charge in [-0.2, -0.15) is 0 Å². The van der Waals surface area contributed by atoms with Gasteiger partial charge in [0.2, 0.25) is 5.91 Å². The zero-order chi connectivity index (χ0) is 20.0. The van der Waals surface area contributed by atoms with Crippen molar-refractivity contribution in [2.75, 3.05) is 24.3 Å². The van der Waals surface area contributed by atoms with Crippen molar-refractivity contribution in [1.29, 1.82) is 0 Å². The smallest absolute Gasteiger partial charge is 0.251 e. The van der Waals surface area contributed by atoms with Crippen LogP contribution >= 0.6 is 11.6 Å². The van der Waals surface area contributed by atoms with Crippen molar-refractivity contribution in [2.24, 2.45) is 0 Å². The van der Waals surface area contributed by atoms with Crippen LogP contribution in [0.2, 0.25) is 5.02 Å². The normalized spacial score (nSPS) is 10.9. The van der Waals surface area contributed by atoms with Crippen LogP contribution in [0.4, 0.5) is 11.4 Å². The zero-order valence-electron chi connectivity index (χ0n) is 15.9. The predicted molar refractivity (Wildman–Crippen MR) is 109 cm³/mol. The van der Waals surface area contributed by atoms with Crippen molar-refractivity contribution in [1.82, 2.24) is 5.32 Å². The maximum absolute atomic E-state index is 12.2. The Labute approximate surface area is 164 Å². The monoisotopic (exact) mass is 389 g/mol. The van der Waals surface area contributed by atoms with E-state index in [0.29, 0.717) is 27.7 Å². The summed E-state index contributed by atoms with van der Waals surface area (Å²) in [6.45, 7) is 5.79. The van der Waals surface area contributed by atoms with Crippen LogP contribution in [-0.4, -0.2) is 31.0 Å². The van der Waals surface area contributed by atoms with E-state index < -0.39 is 0 Å². The number of carbonyl (C=O) groups excluding carboxylic acids is 2. The van der Waals surface area contributed by atoms with Gasteiger partial charge in [0, 0.05) is 22.5 Å². The highest BCUT2D eigenvalue weighted by Gasteiger charge is 2.15. The quantitative estimate of drug-likeness (QED) is 0.699. The van der Waals surface area contributed by atoms with E-state index in [1.54, 1.807) is 42.5 Å². The standard InChI is InChI=1S/C20H24ClN3O3/c1-20(2,3)24-19(26)13-6-5-7-15(10-13)23-18(25)12-22-14-8-9-17(27-4)16(21)11-14/h5-11,22H,12H2,1-4H3,(H,23,25)(H,24,26). The van der Waals surface area contributed by atoms with Gasteiger partial charge in [-0.3, -0.25) is 9.59 Å². The molecule has 0 fully saturated rings. The summed E-state index contributed by atoms with van der Waals surface area (Å²) in [5.41, 5.74) is 1.41. The Morgan fingerprint density at radius 1 is 1.07 bits per heavy atom. The maximum atomic E-state index is 12.2. The topological polar surface area (TPSA) is 79.5 Å². The summed E-state index contributed by atoms with van der Waals surface area (Å²) < 4.78 is 5.09. The van der Waals surface area contributed by atoms with Gasteiger partial charge in [0.05, 0.1) is 18.7 Å². The molecule has 0 unspecified atom stereocenters. The predicted octanol–water partition coefficient (Wildman–Crippen LogP) is 3.93. The van der Waals surface area contributed by atoms with E-state index in [0.717, 1.165) is 0 Å². The molecule has 0 bridgehead atoms. The third-order valence-electron chi connectivity index (χ3n) is 3.50. The molecule has 0 aliphatic rings. The van der Waals surface area contributed by atoms with Gasteiger partial charge in [-0.05, 0) is 57.2 Å². The fraction of sp³-hybridized carbons (Fsp3) is 0.300. The molecule has 0 atom stereocenters. The average molecular weight is 390 g/mol. The van der Waals surface area contributed by atoms with Crippen molar-refractivity contribution >= 4 is 34.8 Å². The van der Waals surface area contributed by atoms with Crippen LogP contribution in [0.5, 0.6) is 5.75 Å². The molecule has 2 amide bonds. The SMILES string of the molecule is COc1ccc(NCC(=O)Nc2cccc(C(=O)NC(C)(C)C)c2)cc1Cl. The van der Waals surface area contributed by atoms with Gasteiger partial charge in [0.25, 0.3) is 5.91 Å². The Bertz CT molecular complexity index is 831. The lowest BCUT2D eigenvalue weighted by molar-refractivity contribution is -0.114. The molecule has 7 heteroatoms. The van der Waals surface area contributed by atoms with Crippen LogP contribution in [-0.2, 0) is 4.79 Å². The minimum absolute atomic E-state index is 0.0566. The number of carbonyl (C=O) groups is 2. The van der Waals surface area contributed by atoms with E-state index >= 15 is 0 Å². The van der Waals surface area contributed by atoms with Gasteiger partial charge < -0.3 is 20.7 Å². The Balaban J connectivity index is 1.95. The first-order valence-corrected chi connectivity index (χ1v) is 8.85. The highest BCUT2D eigenvalue weighted by atomic mass is 35.5. The second kappa shape index (κ2) is 8.77. The average Bonchev–Trinajstić information content (AvgIpc) is 2.59. The molecule has 0 spiro atoms. The first-order valence-electron chi connectivity index (χ1n) is 8.48. The molecule has 0 radical (unpaired) electrons. The molecule has 0 aliphatic carbocycles. The van der Waals surface area contributed by atoms with Crippen LogP contribution in [0.25, 0.3) is 0 Å². The number of anilines is 2. The Morgan fingerprint density at radius 3 is 2.44 bits per heavy atom. The summed E-state index contributed by atoms with van der Waals surface area (Å²) in [5, 5.41) is 9.11. The van der Waals surface area contributed by atoms with Gasteiger partial charge in [0.15, 0.2) is 0 Å². The molecule has 0 saturated carbocycles. The fourth-order valence-corrected chi connectivity index (χ4v) is 2.57. The summed E-state index contributed by atoms with van der Waals surface area (Å²) in [5.74, 6) is 0.136. The highest BCUT2D eigenvalue weighted by Crippen LogP contribution is 2.27. The first kappa shape index (κ1) is 20.6. The van der Waals surface area contributed by atoms with Crippen LogP contribution < -0.4 is 20.7 Å². The number of halogens is 1. The number of benzene rings is 2. The second-order valence-corrected chi connectivity index (χ2v) is 7.44. The third kappa shape index (κ3) is 6.49. The summed E-state index contributed by atoms with van der Waals surface area (Å²) >= 11 is 6.06. The summed E-state index contributed by atoms with van der Waals surface area (Å²) in [6, 6.07) is 12.0. The molecule has 0 aromatic heterocycles. The Morgan fingerprint density at radius 2 is 1.81 bits per heavy atom. The second-order valence-electron chi connectivity index (χ2n) is 7.04. The van der Waals surface area contributed by atoms with Crippen LogP contribution in [0, 0.1) is 0 Å². The molecule has 2 rings (SSSR count). The molecule has 0 heterocycles. The number of amides is 2. The van der Waals surface area contributed by atoms with Gasteiger partial charge in [0.1, 0.15) is 5.75 Å². The fourth-order valence-electron chi connectivity index (χ4n) is 2.31. The number of hydrogen-bond donors (Lipinski definition) is 3. The van der Waals surface area contributed by atoms with Gasteiger partial charge in [-0.15, -0.1) is 0 Å². The number of ether oxygens (including phenoxy) is 1. The maximum Gasteiger partial charge on any atom is 0.251 e. The third-order valence-corrected chi connectivity index (χ3v) is 3.80. The van der Waals surface area contributed by atoms with Crippen molar-refractivity contribution in [3.8, 4) is 5.75 Å². The molecule has 3 N–H and O–H groups in total. The highest BCUT2D eigenvalue weighted by molar-refractivity contribution is 6.32. The molecule has 2 aromatic carbocycles. The number of methoxy groups -OCH3 is 1. The molecule has 0 saturated heterocycles. The number of nitrogens with one attached hydrogen (secondary N) is 3. The molecule has 0 aliphatic heterocycles. The van der Waals surface area contributed by atoms with E-state index in [1.165, 1.54) is 7.11 Å². The minimum atomic E-state index is -0.333.